The summed E-state index contributed by atoms with van der Waals surface area (Å²) in [4.78, 5) is 26.0. The van der Waals surface area contributed by atoms with E-state index in [9.17, 15) is 9.18 Å². The van der Waals surface area contributed by atoms with E-state index in [1.165, 1.54) is 11.0 Å². The van der Waals surface area contributed by atoms with Crippen molar-refractivity contribution in [2.24, 2.45) is 4.99 Å². The van der Waals surface area contributed by atoms with Crippen LogP contribution in [0.25, 0.3) is 0 Å². The Kier molecular flexibility index (Phi) is 9.03. The van der Waals surface area contributed by atoms with Crippen molar-refractivity contribution >= 4 is 41.7 Å². The van der Waals surface area contributed by atoms with Crippen molar-refractivity contribution in [2.75, 3.05) is 51.7 Å². The molecule has 7 nitrogen and oxygen atoms in total. The minimum absolute atomic E-state index is 0. The zero-order chi connectivity index (χ0) is 18.4. The predicted molar refractivity (Wildman–Crippen MR) is 113 cm³/mol. The number of hydrogen-bond donors (Lipinski definition) is 1. The first-order valence-corrected chi connectivity index (χ1v) is 8.50. The molecule has 2 rings (SSSR count). The molecule has 0 aromatic carbocycles. The highest BCUT2D eigenvalue weighted by Gasteiger charge is 2.23. The molecule has 146 valence electrons. The van der Waals surface area contributed by atoms with Crippen LogP contribution in [0.15, 0.2) is 23.3 Å². The highest BCUT2D eigenvalue weighted by atomic mass is 127. The van der Waals surface area contributed by atoms with Crippen LogP contribution in [-0.4, -0.2) is 79.5 Å². The summed E-state index contributed by atoms with van der Waals surface area (Å²) in [6.07, 6.45) is 1.60. The minimum atomic E-state index is -0.304. The zero-order valence-electron chi connectivity index (χ0n) is 15.8. The smallest absolute Gasteiger partial charge is 0.243 e. The van der Waals surface area contributed by atoms with E-state index in [0.717, 1.165) is 0 Å². The van der Waals surface area contributed by atoms with Gasteiger partial charge in [-0.3, -0.25) is 4.79 Å². The third-order valence-corrected chi connectivity index (χ3v) is 3.90. The van der Waals surface area contributed by atoms with Gasteiger partial charge in [-0.1, -0.05) is 0 Å². The van der Waals surface area contributed by atoms with Gasteiger partial charge in [0.15, 0.2) is 17.6 Å². The Morgan fingerprint density at radius 3 is 2.54 bits per heavy atom. The van der Waals surface area contributed by atoms with Gasteiger partial charge in [-0.05, 0) is 26.0 Å². The van der Waals surface area contributed by atoms with Gasteiger partial charge in [-0.2, -0.15) is 0 Å². The number of nitrogens with zero attached hydrogens (tertiary/aromatic N) is 5. The highest BCUT2D eigenvalue weighted by molar-refractivity contribution is 14.0. The van der Waals surface area contributed by atoms with E-state index in [-0.39, 0.29) is 48.3 Å². The standard InChI is InChI=1S/C17H27FN6O.HI/c1-13(2)21-17(20-12-15(25)22(3)4)24-10-8-23(9-11-24)16-14(18)6-5-7-19-16;/h5-7,13H,8-12H2,1-4H3,(H,20,21);1H. The van der Waals surface area contributed by atoms with Crippen molar-refractivity contribution in [2.45, 2.75) is 19.9 Å². The van der Waals surface area contributed by atoms with Crippen LogP contribution in [0.4, 0.5) is 10.2 Å². The van der Waals surface area contributed by atoms with E-state index in [2.05, 4.69) is 20.2 Å². The monoisotopic (exact) mass is 478 g/mol. The number of halogens is 2. The Morgan fingerprint density at radius 2 is 2.00 bits per heavy atom. The van der Waals surface area contributed by atoms with Crippen LogP contribution in [0.5, 0.6) is 0 Å². The van der Waals surface area contributed by atoms with Crippen LogP contribution in [0, 0.1) is 5.82 Å². The number of aliphatic imine (C=N–C) groups is 1. The van der Waals surface area contributed by atoms with E-state index in [1.54, 1.807) is 26.4 Å². The second-order valence-electron chi connectivity index (χ2n) is 6.51. The highest BCUT2D eigenvalue weighted by Crippen LogP contribution is 2.17. The first kappa shape index (κ1) is 22.4. The summed E-state index contributed by atoms with van der Waals surface area (Å²) in [7, 11) is 3.43. The number of nitrogens with one attached hydrogen (secondary N) is 1. The second-order valence-corrected chi connectivity index (χ2v) is 6.51. The number of pyridine rings is 1. The summed E-state index contributed by atoms with van der Waals surface area (Å²) in [6.45, 7) is 6.83. The topological polar surface area (TPSA) is 64.1 Å². The molecule has 0 spiro atoms. The molecule has 1 amide bonds. The lowest BCUT2D eigenvalue weighted by Crippen LogP contribution is -2.54. The molecule has 0 aliphatic carbocycles. The summed E-state index contributed by atoms with van der Waals surface area (Å²) >= 11 is 0. The van der Waals surface area contributed by atoms with Gasteiger partial charge in [0.2, 0.25) is 5.91 Å². The van der Waals surface area contributed by atoms with Gasteiger partial charge in [0.1, 0.15) is 6.54 Å². The SMILES string of the molecule is CC(C)NC(=NCC(=O)N(C)C)N1CCN(c2ncccc2F)CC1.I. The molecule has 9 heteroatoms. The number of carbonyl (C=O) groups is 1. The minimum Gasteiger partial charge on any atom is -0.354 e. The zero-order valence-corrected chi connectivity index (χ0v) is 18.1. The van der Waals surface area contributed by atoms with E-state index in [0.29, 0.717) is 38.0 Å². The third kappa shape index (κ3) is 6.26. The third-order valence-electron chi connectivity index (χ3n) is 3.90. The van der Waals surface area contributed by atoms with Gasteiger partial charge < -0.3 is 20.0 Å². The van der Waals surface area contributed by atoms with Crippen LogP contribution in [-0.2, 0) is 4.79 Å². The molecule has 0 atom stereocenters. The van der Waals surface area contributed by atoms with Crippen LogP contribution >= 0.6 is 24.0 Å². The van der Waals surface area contributed by atoms with Crippen molar-refractivity contribution in [3.8, 4) is 0 Å². The van der Waals surface area contributed by atoms with Crippen LogP contribution in [0.3, 0.4) is 0 Å². The van der Waals surface area contributed by atoms with E-state index < -0.39 is 0 Å². The molecule has 1 aromatic rings. The summed E-state index contributed by atoms with van der Waals surface area (Å²) < 4.78 is 13.9. The van der Waals surface area contributed by atoms with Gasteiger partial charge in [-0.25, -0.2) is 14.4 Å². The maximum atomic E-state index is 13.9. The molecule has 0 radical (unpaired) electrons. The maximum Gasteiger partial charge on any atom is 0.243 e. The summed E-state index contributed by atoms with van der Waals surface area (Å²) in [6, 6.07) is 3.22. The molecular weight excluding hydrogens is 450 g/mol. The molecular formula is C17H28FIN6O. The van der Waals surface area contributed by atoms with Gasteiger partial charge in [0.05, 0.1) is 0 Å². The number of anilines is 1. The molecule has 2 heterocycles. The average molecular weight is 478 g/mol. The fourth-order valence-corrected chi connectivity index (χ4v) is 2.52. The number of piperazine rings is 1. The molecule has 1 aliphatic rings. The lowest BCUT2D eigenvalue weighted by molar-refractivity contribution is -0.127. The first-order chi connectivity index (χ1) is 11.9. The van der Waals surface area contributed by atoms with E-state index in [4.69, 9.17) is 0 Å². The first-order valence-electron chi connectivity index (χ1n) is 8.50. The van der Waals surface area contributed by atoms with Gasteiger partial charge in [-0.15, -0.1) is 24.0 Å². The van der Waals surface area contributed by atoms with Crippen molar-refractivity contribution in [1.29, 1.82) is 0 Å². The predicted octanol–water partition coefficient (Wildman–Crippen LogP) is 1.40. The van der Waals surface area contributed by atoms with Gasteiger partial charge >= 0.3 is 0 Å². The molecule has 1 fully saturated rings. The molecule has 26 heavy (non-hydrogen) atoms. The van der Waals surface area contributed by atoms with Crippen LogP contribution in [0.1, 0.15) is 13.8 Å². The molecule has 1 aromatic heterocycles. The van der Waals surface area contributed by atoms with Crippen molar-refractivity contribution in [3.63, 3.8) is 0 Å². The number of rotatable bonds is 4. The maximum absolute atomic E-state index is 13.9. The number of hydrogen-bond acceptors (Lipinski definition) is 4. The average Bonchev–Trinajstić information content (AvgIpc) is 2.58. The molecule has 1 aliphatic heterocycles. The van der Waals surface area contributed by atoms with Crippen molar-refractivity contribution in [3.05, 3.63) is 24.1 Å². The number of guanidine groups is 1. The Hall–Kier alpha value is -1.65. The molecule has 0 unspecified atom stereocenters. The lowest BCUT2D eigenvalue weighted by Gasteiger charge is -2.37. The summed E-state index contributed by atoms with van der Waals surface area (Å²) in [5.74, 6) is 0.755. The number of amides is 1. The number of aromatic nitrogens is 1. The van der Waals surface area contributed by atoms with Crippen LogP contribution in [0.2, 0.25) is 0 Å². The number of carbonyl (C=O) groups excluding carboxylic acids is 1. The molecule has 1 N–H and O–H groups in total. The van der Waals surface area contributed by atoms with Crippen LogP contribution < -0.4 is 10.2 Å². The quantitative estimate of drug-likeness (QED) is 0.403. The lowest BCUT2D eigenvalue weighted by atomic mass is 10.3. The molecule has 0 bridgehead atoms. The van der Waals surface area contributed by atoms with Crippen molar-refractivity contribution < 1.29 is 9.18 Å². The van der Waals surface area contributed by atoms with Gasteiger partial charge in [0.25, 0.3) is 0 Å². The Balaban J connectivity index is 0.00000338. The Labute approximate surface area is 171 Å². The van der Waals surface area contributed by atoms with Gasteiger partial charge in [0, 0.05) is 52.5 Å². The second kappa shape index (κ2) is 10.5. The van der Waals surface area contributed by atoms with Crippen molar-refractivity contribution in [1.82, 2.24) is 20.1 Å². The van der Waals surface area contributed by atoms with E-state index in [1.807, 2.05) is 18.7 Å². The fraction of sp³-hybridized carbons (Fsp3) is 0.588. The summed E-state index contributed by atoms with van der Waals surface area (Å²) in [5.41, 5.74) is 0. The fourth-order valence-electron chi connectivity index (χ4n) is 2.52. The largest absolute Gasteiger partial charge is 0.354 e. The Morgan fingerprint density at radius 1 is 1.35 bits per heavy atom. The summed E-state index contributed by atoms with van der Waals surface area (Å²) in [5, 5.41) is 3.31. The Bertz CT molecular complexity index is 617. The molecule has 1 saturated heterocycles. The van der Waals surface area contributed by atoms with E-state index >= 15 is 0 Å². The molecule has 0 saturated carbocycles. The normalized spacial score (nSPS) is 14.9. The number of likely N-dealkylation sites (N-methyl/N-ethyl adjacent to an activating group) is 1.